The van der Waals surface area contributed by atoms with Crippen LogP contribution in [-0.4, -0.2) is 17.3 Å². The zero-order valence-corrected chi connectivity index (χ0v) is 12.7. The van der Waals surface area contributed by atoms with E-state index >= 15 is 0 Å². The van der Waals surface area contributed by atoms with E-state index in [1.165, 1.54) is 12.8 Å². The van der Waals surface area contributed by atoms with Gasteiger partial charge in [-0.3, -0.25) is 4.79 Å². The lowest BCUT2D eigenvalue weighted by Crippen LogP contribution is -2.28. The first-order chi connectivity index (χ1) is 8.56. The number of amides is 1. The number of nitrogens with one attached hydrogen (secondary N) is 1. The molecule has 18 heavy (non-hydrogen) atoms. The van der Waals surface area contributed by atoms with Crippen molar-refractivity contribution in [1.82, 2.24) is 5.32 Å². The zero-order valence-electron chi connectivity index (χ0n) is 10.4. The molecule has 2 rings (SSSR count). The van der Waals surface area contributed by atoms with E-state index < -0.39 is 0 Å². The first-order valence-electron chi connectivity index (χ1n) is 6.24. The first kappa shape index (κ1) is 13.9. The summed E-state index contributed by atoms with van der Waals surface area (Å²) in [5, 5.41) is 3.70. The number of alkyl halides is 1. The van der Waals surface area contributed by atoms with Crippen LogP contribution in [0.5, 0.6) is 0 Å². The SMILES string of the molecule is Cc1cc(C(=O)NCC2CCC(Br)C2)ccc1Cl. The fourth-order valence-corrected chi connectivity index (χ4v) is 3.23. The topological polar surface area (TPSA) is 29.1 Å². The second-order valence-electron chi connectivity index (χ2n) is 4.95. The minimum absolute atomic E-state index is 0.00668. The van der Waals surface area contributed by atoms with Crippen molar-refractivity contribution in [3.8, 4) is 0 Å². The predicted octanol–water partition coefficient (Wildman–Crippen LogP) is 3.94. The number of benzene rings is 1. The Morgan fingerprint density at radius 3 is 2.89 bits per heavy atom. The van der Waals surface area contributed by atoms with Gasteiger partial charge in [-0.05, 0) is 55.9 Å². The Morgan fingerprint density at radius 2 is 2.28 bits per heavy atom. The third-order valence-electron chi connectivity index (χ3n) is 3.45. The molecule has 98 valence electrons. The Morgan fingerprint density at radius 1 is 1.50 bits per heavy atom. The van der Waals surface area contributed by atoms with Crippen molar-refractivity contribution < 1.29 is 4.79 Å². The van der Waals surface area contributed by atoms with Gasteiger partial charge in [-0.25, -0.2) is 0 Å². The Labute approximate surface area is 121 Å². The molecule has 1 fully saturated rings. The summed E-state index contributed by atoms with van der Waals surface area (Å²) in [4.78, 5) is 12.6. The summed E-state index contributed by atoms with van der Waals surface area (Å²) in [6.07, 6.45) is 3.55. The second kappa shape index (κ2) is 6.07. The van der Waals surface area contributed by atoms with Crippen LogP contribution < -0.4 is 5.32 Å². The van der Waals surface area contributed by atoms with Crippen LogP contribution in [0.1, 0.15) is 35.2 Å². The van der Waals surface area contributed by atoms with Crippen molar-refractivity contribution in [2.45, 2.75) is 31.0 Å². The molecule has 0 heterocycles. The standard InChI is InChI=1S/C14H17BrClNO/c1-9-6-11(3-5-13(9)16)14(18)17-8-10-2-4-12(15)7-10/h3,5-6,10,12H,2,4,7-8H2,1H3,(H,17,18). The Kier molecular flexibility index (Phi) is 4.68. The van der Waals surface area contributed by atoms with Gasteiger partial charge < -0.3 is 5.32 Å². The molecule has 2 nitrogen and oxygen atoms in total. The highest BCUT2D eigenvalue weighted by Crippen LogP contribution is 2.30. The van der Waals surface area contributed by atoms with Gasteiger partial charge in [0.1, 0.15) is 0 Å². The molecule has 2 atom stereocenters. The lowest BCUT2D eigenvalue weighted by atomic mass is 10.1. The summed E-state index contributed by atoms with van der Waals surface area (Å²) in [5.74, 6) is 0.597. The summed E-state index contributed by atoms with van der Waals surface area (Å²) >= 11 is 9.57. The highest BCUT2D eigenvalue weighted by atomic mass is 79.9. The van der Waals surface area contributed by atoms with Gasteiger partial charge in [-0.2, -0.15) is 0 Å². The molecule has 0 aliphatic heterocycles. The maximum atomic E-state index is 12.0. The van der Waals surface area contributed by atoms with E-state index in [-0.39, 0.29) is 5.91 Å². The molecule has 1 saturated carbocycles. The summed E-state index contributed by atoms with van der Waals surface area (Å²) in [6.45, 7) is 2.67. The lowest BCUT2D eigenvalue weighted by Gasteiger charge is -2.11. The molecule has 0 radical (unpaired) electrons. The van der Waals surface area contributed by atoms with Crippen LogP contribution in [0.2, 0.25) is 5.02 Å². The van der Waals surface area contributed by atoms with E-state index in [4.69, 9.17) is 11.6 Å². The van der Waals surface area contributed by atoms with E-state index in [2.05, 4.69) is 21.2 Å². The molecule has 1 aliphatic carbocycles. The van der Waals surface area contributed by atoms with Crippen LogP contribution >= 0.6 is 27.5 Å². The average molecular weight is 331 g/mol. The smallest absolute Gasteiger partial charge is 0.251 e. The van der Waals surface area contributed by atoms with Gasteiger partial charge >= 0.3 is 0 Å². The molecule has 4 heteroatoms. The number of hydrogen-bond acceptors (Lipinski definition) is 1. The summed E-state index contributed by atoms with van der Waals surface area (Å²) < 4.78 is 0. The van der Waals surface area contributed by atoms with Gasteiger partial charge in [0.25, 0.3) is 5.91 Å². The molecular weight excluding hydrogens is 314 g/mol. The van der Waals surface area contributed by atoms with Gasteiger partial charge in [-0.15, -0.1) is 0 Å². The summed E-state index contributed by atoms with van der Waals surface area (Å²) in [5.41, 5.74) is 1.62. The van der Waals surface area contributed by atoms with Crippen LogP contribution in [-0.2, 0) is 0 Å². The molecular formula is C14H17BrClNO. The third kappa shape index (κ3) is 3.48. The van der Waals surface area contributed by atoms with E-state index in [1.807, 2.05) is 13.0 Å². The second-order valence-corrected chi connectivity index (χ2v) is 6.65. The van der Waals surface area contributed by atoms with Crippen molar-refractivity contribution >= 4 is 33.4 Å². The lowest BCUT2D eigenvalue weighted by molar-refractivity contribution is 0.0947. The normalized spacial score (nSPS) is 23.1. The van der Waals surface area contributed by atoms with Crippen LogP contribution in [0.3, 0.4) is 0 Å². The minimum Gasteiger partial charge on any atom is -0.352 e. The summed E-state index contributed by atoms with van der Waals surface area (Å²) in [7, 11) is 0. The fraction of sp³-hybridized carbons (Fsp3) is 0.500. The first-order valence-corrected chi connectivity index (χ1v) is 7.54. The molecule has 0 spiro atoms. The molecule has 0 saturated heterocycles. The van der Waals surface area contributed by atoms with Crippen molar-refractivity contribution in [3.05, 3.63) is 34.3 Å². The van der Waals surface area contributed by atoms with Gasteiger partial charge in [0, 0.05) is 22.0 Å². The quantitative estimate of drug-likeness (QED) is 0.836. The summed E-state index contributed by atoms with van der Waals surface area (Å²) in [6, 6.07) is 5.38. The number of hydrogen-bond donors (Lipinski definition) is 1. The van der Waals surface area contributed by atoms with Crippen molar-refractivity contribution in [3.63, 3.8) is 0 Å². The zero-order chi connectivity index (χ0) is 13.1. The molecule has 1 aliphatic rings. The van der Waals surface area contributed by atoms with Crippen LogP contribution in [0, 0.1) is 12.8 Å². The highest BCUT2D eigenvalue weighted by molar-refractivity contribution is 9.09. The van der Waals surface area contributed by atoms with Gasteiger partial charge in [0.2, 0.25) is 0 Å². The number of carbonyl (C=O) groups is 1. The van der Waals surface area contributed by atoms with E-state index in [0.717, 1.165) is 18.5 Å². The van der Waals surface area contributed by atoms with E-state index in [9.17, 15) is 4.79 Å². The maximum absolute atomic E-state index is 12.0. The number of rotatable bonds is 3. The monoisotopic (exact) mass is 329 g/mol. The Hall–Kier alpha value is -0.540. The molecule has 0 aromatic heterocycles. The van der Waals surface area contributed by atoms with Crippen LogP contribution in [0.15, 0.2) is 18.2 Å². The molecule has 2 unspecified atom stereocenters. The van der Waals surface area contributed by atoms with Gasteiger partial charge in [0.15, 0.2) is 0 Å². The Balaban J connectivity index is 1.89. The third-order valence-corrected chi connectivity index (χ3v) is 4.70. The predicted molar refractivity (Wildman–Crippen MR) is 78.6 cm³/mol. The molecule has 0 bridgehead atoms. The number of halogens is 2. The largest absolute Gasteiger partial charge is 0.352 e. The van der Waals surface area contributed by atoms with Crippen LogP contribution in [0.25, 0.3) is 0 Å². The van der Waals surface area contributed by atoms with Gasteiger partial charge in [0.05, 0.1) is 0 Å². The van der Waals surface area contributed by atoms with E-state index in [0.29, 0.717) is 21.3 Å². The van der Waals surface area contributed by atoms with Crippen molar-refractivity contribution in [2.24, 2.45) is 5.92 Å². The molecule has 1 aromatic carbocycles. The molecule has 1 amide bonds. The molecule has 1 N–H and O–H groups in total. The average Bonchev–Trinajstić information content (AvgIpc) is 2.75. The Bertz CT molecular complexity index is 449. The number of carbonyl (C=O) groups excluding carboxylic acids is 1. The number of aryl methyl sites for hydroxylation is 1. The highest BCUT2D eigenvalue weighted by Gasteiger charge is 2.22. The minimum atomic E-state index is -0.00668. The van der Waals surface area contributed by atoms with Crippen LogP contribution in [0.4, 0.5) is 0 Å². The maximum Gasteiger partial charge on any atom is 0.251 e. The van der Waals surface area contributed by atoms with Gasteiger partial charge in [-0.1, -0.05) is 27.5 Å². The van der Waals surface area contributed by atoms with Crippen molar-refractivity contribution in [1.29, 1.82) is 0 Å². The molecule has 1 aromatic rings. The van der Waals surface area contributed by atoms with E-state index in [1.54, 1.807) is 12.1 Å². The van der Waals surface area contributed by atoms with Crippen molar-refractivity contribution in [2.75, 3.05) is 6.54 Å². The fourth-order valence-electron chi connectivity index (χ4n) is 2.32.